The van der Waals surface area contributed by atoms with Crippen LogP contribution in [0.4, 0.5) is 0 Å². The summed E-state index contributed by atoms with van der Waals surface area (Å²) in [6, 6.07) is 20.7. The molecule has 3 aromatic carbocycles. The van der Waals surface area contributed by atoms with E-state index in [1.165, 1.54) is 61.2 Å². The molecule has 0 N–H and O–H groups in total. The van der Waals surface area contributed by atoms with Crippen LogP contribution >= 0.6 is 0 Å². The molecule has 2 atom stereocenters. The largest absolute Gasteiger partial charge is 0.0683 e. The maximum atomic E-state index is 2.44. The van der Waals surface area contributed by atoms with E-state index < -0.39 is 0 Å². The van der Waals surface area contributed by atoms with Crippen LogP contribution in [0.5, 0.6) is 0 Å². The van der Waals surface area contributed by atoms with Gasteiger partial charge < -0.3 is 0 Å². The van der Waals surface area contributed by atoms with Crippen LogP contribution in [-0.2, 0) is 6.42 Å². The molecule has 3 aromatic rings. The molecular formula is C30H30. The summed E-state index contributed by atoms with van der Waals surface area (Å²) in [6.45, 7) is 11.4. The summed E-state index contributed by atoms with van der Waals surface area (Å²) in [5, 5.41) is 0. The molecule has 0 radical (unpaired) electrons. The standard InChI is InChI=1S/C30H30/c1-18-12-19(2)15-24(14-18)26-10-7-11-27-29(26)17-21(4)30(27)22(5)25-9-6-8-23-13-20(3)16-28(23)25/h6-12,14-17,22,30H,13H2,1-5H3. The predicted octanol–water partition coefficient (Wildman–Crippen LogP) is 8.23. The number of benzene rings is 3. The second-order valence-corrected chi connectivity index (χ2v) is 9.43. The Balaban J connectivity index is 1.61. The van der Waals surface area contributed by atoms with Crippen molar-refractivity contribution < 1.29 is 0 Å². The zero-order chi connectivity index (χ0) is 21.0. The zero-order valence-corrected chi connectivity index (χ0v) is 18.7. The number of fused-ring (bicyclic) bond motifs is 2. The van der Waals surface area contributed by atoms with E-state index in [1.807, 2.05) is 0 Å². The average molecular weight is 391 g/mol. The molecule has 0 fully saturated rings. The van der Waals surface area contributed by atoms with Gasteiger partial charge in [0.25, 0.3) is 0 Å². The third-order valence-electron chi connectivity index (χ3n) is 6.95. The van der Waals surface area contributed by atoms with Crippen LogP contribution in [0.3, 0.4) is 0 Å². The summed E-state index contributed by atoms with van der Waals surface area (Å²) < 4.78 is 0. The van der Waals surface area contributed by atoms with Crippen molar-refractivity contribution in [2.75, 3.05) is 0 Å². The zero-order valence-electron chi connectivity index (χ0n) is 18.7. The Hall–Kier alpha value is -2.86. The second kappa shape index (κ2) is 7.13. The highest BCUT2D eigenvalue weighted by Gasteiger charge is 2.31. The Morgan fingerprint density at radius 2 is 1.53 bits per heavy atom. The van der Waals surface area contributed by atoms with E-state index in [2.05, 4.69) is 101 Å². The number of allylic oxidation sites excluding steroid dienone is 2. The quantitative estimate of drug-likeness (QED) is 0.422. The van der Waals surface area contributed by atoms with Crippen molar-refractivity contribution in [1.29, 1.82) is 0 Å². The van der Waals surface area contributed by atoms with Gasteiger partial charge >= 0.3 is 0 Å². The lowest BCUT2D eigenvalue weighted by Crippen LogP contribution is -2.09. The fourth-order valence-corrected chi connectivity index (χ4v) is 5.76. The first kappa shape index (κ1) is 19.1. The average Bonchev–Trinajstić information content (AvgIpc) is 3.24. The van der Waals surface area contributed by atoms with Gasteiger partial charge in [0, 0.05) is 5.92 Å². The van der Waals surface area contributed by atoms with Crippen molar-refractivity contribution in [3.8, 4) is 11.1 Å². The first-order valence-electron chi connectivity index (χ1n) is 11.1. The van der Waals surface area contributed by atoms with E-state index in [0.29, 0.717) is 11.8 Å². The number of aryl methyl sites for hydroxylation is 2. The summed E-state index contributed by atoms with van der Waals surface area (Å²) in [4.78, 5) is 0. The molecule has 0 spiro atoms. The molecule has 0 amide bonds. The van der Waals surface area contributed by atoms with Crippen LogP contribution in [0.1, 0.15) is 71.6 Å². The van der Waals surface area contributed by atoms with Crippen molar-refractivity contribution in [2.24, 2.45) is 0 Å². The summed E-state index contributed by atoms with van der Waals surface area (Å²) >= 11 is 0. The van der Waals surface area contributed by atoms with E-state index in [4.69, 9.17) is 0 Å². The van der Waals surface area contributed by atoms with Crippen LogP contribution in [0.25, 0.3) is 23.3 Å². The van der Waals surface area contributed by atoms with Gasteiger partial charge in [-0.25, -0.2) is 0 Å². The molecule has 150 valence electrons. The fraction of sp³-hybridized carbons (Fsp3) is 0.267. The highest BCUT2D eigenvalue weighted by Crippen LogP contribution is 2.49. The van der Waals surface area contributed by atoms with Crippen LogP contribution in [-0.4, -0.2) is 0 Å². The number of hydrogen-bond acceptors (Lipinski definition) is 0. The van der Waals surface area contributed by atoms with Gasteiger partial charge in [0.1, 0.15) is 0 Å². The van der Waals surface area contributed by atoms with E-state index in [-0.39, 0.29) is 0 Å². The third kappa shape index (κ3) is 3.06. The van der Waals surface area contributed by atoms with Gasteiger partial charge in [-0.3, -0.25) is 0 Å². The van der Waals surface area contributed by atoms with Crippen LogP contribution < -0.4 is 0 Å². The molecule has 0 bridgehead atoms. The molecule has 0 nitrogen and oxygen atoms in total. The molecule has 0 saturated carbocycles. The van der Waals surface area contributed by atoms with Gasteiger partial charge in [-0.2, -0.15) is 0 Å². The first-order valence-corrected chi connectivity index (χ1v) is 11.1. The smallest absolute Gasteiger partial charge is 0.0121 e. The van der Waals surface area contributed by atoms with Gasteiger partial charge in [0.05, 0.1) is 0 Å². The minimum atomic E-state index is 0.437. The third-order valence-corrected chi connectivity index (χ3v) is 6.95. The molecule has 0 aliphatic heterocycles. The van der Waals surface area contributed by atoms with Crippen LogP contribution in [0.2, 0.25) is 0 Å². The van der Waals surface area contributed by atoms with Crippen molar-refractivity contribution in [3.05, 3.63) is 105 Å². The van der Waals surface area contributed by atoms with Gasteiger partial charge in [0.15, 0.2) is 0 Å². The Bertz CT molecular complexity index is 1200. The highest BCUT2D eigenvalue weighted by molar-refractivity contribution is 5.82. The monoisotopic (exact) mass is 390 g/mol. The predicted molar refractivity (Wildman–Crippen MR) is 130 cm³/mol. The van der Waals surface area contributed by atoms with E-state index >= 15 is 0 Å². The van der Waals surface area contributed by atoms with Crippen LogP contribution in [0, 0.1) is 13.8 Å². The lowest BCUT2D eigenvalue weighted by Gasteiger charge is -2.25. The van der Waals surface area contributed by atoms with Crippen molar-refractivity contribution >= 4 is 12.2 Å². The molecule has 0 aromatic heterocycles. The molecule has 0 heterocycles. The van der Waals surface area contributed by atoms with E-state index in [1.54, 1.807) is 0 Å². The molecule has 0 heteroatoms. The van der Waals surface area contributed by atoms with Crippen molar-refractivity contribution in [1.82, 2.24) is 0 Å². The minimum Gasteiger partial charge on any atom is -0.0683 e. The van der Waals surface area contributed by atoms with E-state index in [0.717, 1.165) is 6.42 Å². The second-order valence-electron chi connectivity index (χ2n) is 9.43. The molecule has 5 rings (SSSR count). The van der Waals surface area contributed by atoms with E-state index in [9.17, 15) is 0 Å². The maximum Gasteiger partial charge on any atom is 0.0121 e. The fourth-order valence-electron chi connectivity index (χ4n) is 5.76. The van der Waals surface area contributed by atoms with Crippen molar-refractivity contribution in [3.63, 3.8) is 0 Å². The van der Waals surface area contributed by atoms with Gasteiger partial charge in [-0.15, -0.1) is 0 Å². The lowest BCUT2D eigenvalue weighted by atomic mass is 9.78. The Labute approximate surface area is 181 Å². The SMILES string of the molecule is CC1=Cc2c(cccc2C(C)C2C(C)=Cc3c(-c4cc(C)cc(C)c4)cccc32)C1. The molecule has 2 aliphatic rings. The van der Waals surface area contributed by atoms with Gasteiger partial charge in [-0.1, -0.05) is 95.9 Å². The summed E-state index contributed by atoms with van der Waals surface area (Å²) in [5.41, 5.74) is 15.6. The topological polar surface area (TPSA) is 0 Å². The Morgan fingerprint density at radius 1 is 0.800 bits per heavy atom. The molecular weight excluding hydrogens is 360 g/mol. The Morgan fingerprint density at radius 3 is 2.30 bits per heavy atom. The lowest BCUT2D eigenvalue weighted by molar-refractivity contribution is 0.655. The Kier molecular flexibility index (Phi) is 4.54. The number of rotatable bonds is 3. The summed E-state index contributed by atoms with van der Waals surface area (Å²) in [7, 11) is 0. The highest BCUT2D eigenvalue weighted by atomic mass is 14.3. The molecule has 2 aliphatic carbocycles. The maximum absolute atomic E-state index is 2.44. The van der Waals surface area contributed by atoms with Crippen LogP contribution in [0.15, 0.2) is 65.7 Å². The number of hydrogen-bond donors (Lipinski definition) is 0. The van der Waals surface area contributed by atoms with Gasteiger partial charge in [0.2, 0.25) is 0 Å². The normalized spacial score (nSPS) is 18.0. The minimum absolute atomic E-state index is 0.437. The summed E-state index contributed by atoms with van der Waals surface area (Å²) in [6.07, 6.45) is 5.94. The van der Waals surface area contributed by atoms with Gasteiger partial charge in [-0.05, 0) is 79.0 Å². The molecule has 30 heavy (non-hydrogen) atoms. The van der Waals surface area contributed by atoms with Crippen molar-refractivity contribution in [2.45, 2.75) is 52.9 Å². The first-order chi connectivity index (χ1) is 14.4. The molecule has 2 unspecified atom stereocenters. The molecule has 0 saturated heterocycles. The summed E-state index contributed by atoms with van der Waals surface area (Å²) in [5.74, 6) is 0.890.